The number of benzene rings is 1. The van der Waals surface area contributed by atoms with Crippen molar-refractivity contribution in [1.82, 2.24) is 15.2 Å². The summed E-state index contributed by atoms with van der Waals surface area (Å²) in [5, 5.41) is 14.8. The second kappa shape index (κ2) is 15.2. The van der Waals surface area contributed by atoms with E-state index in [1.807, 2.05) is 26.0 Å². The van der Waals surface area contributed by atoms with Gasteiger partial charge in [-0.25, -0.2) is 8.78 Å². The first kappa shape index (κ1) is 33.1. The summed E-state index contributed by atoms with van der Waals surface area (Å²) in [4.78, 5) is 33.2. The average Bonchev–Trinajstić information content (AvgIpc) is 2.94. The van der Waals surface area contributed by atoms with Crippen LogP contribution in [0.15, 0.2) is 59.8 Å². The van der Waals surface area contributed by atoms with E-state index in [0.717, 1.165) is 36.6 Å². The summed E-state index contributed by atoms with van der Waals surface area (Å²) in [6.45, 7) is 9.40. The van der Waals surface area contributed by atoms with Crippen molar-refractivity contribution in [3.63, 3.8) is 0 Å². The molecule has 228 valence electrons. The molecule has 0 fully saturated rings. The lowest BCUT2D eigenvalue weighted by Crippen LogP contribution is -2.51. The molecule has 3 rings (SSSR count). The molecule has 1 aromatic heterocycles. The molecule has 4 N–H and O–H groups in total. The number of nitrogens with zero attached hydrogens (tertiary/aromatic N) is 2. The van der Waals surface area contributed by atoms with Gasteiger partial charge in [0.1, 0.15) is 11.6 Å². The zero-order valence-electron chi connectivity index (χ0n) is 25.1. The van der Waals surface area contributed by atoms with Gasteiger partial charge < -0.3 is 21.1 Å². The van der Waals surface area contributed by atoms with E-state index in [1.165, 1.54) is 12.1 Å². The highest BCUT2D eigenvalue weighted by atomic mass is 19.1. The van der Waals surface area contributed by atoms with Gasteiger partial charge in [-0.05, 0) is 74.4 Å². The minimum Gasteiger partial charge on any atom is -0.391 e. The van der Waals surface area contributed by atoms with Crippen LogP contribution in [0.1, 0.15) is 63.8 Å². The third kappa shape index (κ3) is 8.32. The topological polar surface area (TPSA) is 109 Å². The Morgan fingerprint density at radius 3 is 2.36 bits per heavy atom. The van der Waals surface area contributed by atoms with Gasteiger partial charge in [0, 0.05) is 49.9 Å². The number of primary amides is 1. The Morgan fingerprint density at radius 2 is 1.76 bits per heavy atom. The normalized spacial score (nSPS) is 18.2. The second-order valence-corrected chi connectivity index (χ2v) is 11.2. The molecule has 2 aromatic rings. The standard InChI is InChI=1S/C33H44F2N4O3/c1-5-10-39(11-6-2)31(41)25-12-22(4)18-33(19-25,32(36)42)29(16-24-13-26(34)17-27(35)14-24)30(40)21-37-20-28-15-23(7-3)8-9-38-28/h8-9,12-15,17-18,29-30,37,40H,5-7,10-11,16,19-21H2,1-4H3,(H2,36,42)/t29-,30+,33?/m1/s1. The molecule has 9 heteroatoms. The van der Waals surface area contributed by atoms with E-state index in [-0.39, 0.29) is 30.9 Å². The van der Waals surface area contributed by atoms with Crippen LogP contribution in [-0.4, -0.2) is 52.5 Å². The fourth-order valence-electron chi connectivity index (χ4n) is 5.89. The molecule has 0 radical (unpaired) electrons. The smallest absolute Gasteiger partial charge is 0.249 e. The van der Waals surface area contributed by atoms with Crippen molar-refractivity contribution in [2.24, 2.45) is 17.1 Å². The molecule has 0 saturated heterocycles. The van der Waals surface area contributed by atoms with Gasteiger partial charge in [0.05, 0.1) is 17.2 Å². The lowest BCUT2D eigenvalue weighted by atomic mass is 9.63. The molecule has 2 amide bonds. The maximum absolute atomic E-state index is 14.2. The van der Waals surface area contributed by atoms with Crippen LogP contribution in [0.3, 0.4) is 0 Å². The molecule has 0 spiro atoms. The van der Waals surface area contributed by atoms with Crippen LogP contribution in [0, 0.1) is 23.0 Å². The van der Waals surface area contributed by atoms with Crippen molar-refractivity contribution in [1.29, 1.82) is 0 Å². The number of amides is 2. The molecule has 42 heavy (non-hydrogen) atoms. The summed E-state index contributed by atoms with van der Waals surface area (Å²) in [5.41, 5.74) is 7.92. The maximum atomic E-state index is 14.2. The Bertz CT molecular complexity index is 1290. The highest BCUT2D eigenvalue weighted by molar-refractivity contribution is 5.96. The first-order valence-corrected chi connectivity index (χ1v) is 14.8. The van der Waals surface area contributed by atoms with E-state index in [4.69, 9.17) is 5.73 Å². The third-order valence-corrected chi connectivity index (χ3v) is 7.83. The van der Waals surface area contributed by atoms with Crippen molar-refractivity contribution >= 4 is 11.8 Å². The van der Waals surface area contributed by atoms with E-state index < -0.39 is 35.0 Å². The molecule has 0 aliphatic heterocycles. The fourth-order valence-corrected chi connectivity index (χ4v) is 5.89. The molecule has 1 heterocycles. The lowest BCUT2D eigenvalue weighted by molar-refractivity contribution is -0.132. The number of aryl methyl sites for hydroxylation is 1. The average molecular weight is 583 g/mol. The number of hydrogen-bond donors (Lipinski definition) is 3. The number of aromatic nitrogens is 1. The van der Waals surface area contributed by atoms with Gasteiger partial charge in [-0.2, -0.15) is 0 Å². The second-order valence-electron chi connectivity index (χ2n) is 11.2. The van der Waals surface area contributed by atoms with Gasteiger partial charge in [-0.15, -0.1) is 0 Å². The Kier molecular flexibility index (Phi) is 11.9. The minimum atomic E-state index is -1.47. The molecular formula is C33H44F2N4O3. The summed E-state index contributed by atoms with van der Waals surface area (Å²) in [7, 11) is 0. The Labute approximate surface area is 247 Å². The number of nitrogens with one attached hydrogen (secondary N) is 1. The van der Waals surface area contributed by atoms with Crippen LogP contribution in [0.2, 0.25) is 0 Å². The van der Waals surface area contributed by atoms with E-state index in [9.17, 15) is 23.5 Å². The maximum Gasteiger partial charge on any atom is 0.249 e. The number of carbonyl (C=O) groups excluding carboxylic acids is 2. The molecule has 1 aliphatic carbocycles. The predicted molar refractivity (Wildman–Crippen MR) is 160 cm³/mol. The molecular weight excluding hydrogens is 538 g/mol. The molecule has 1 aromatic carbocycles. The van der Waals surface area contributed by atoms with Gasteiger partial charge >= 0.3 is 0 Å². The lowest BCUT2D eigenvalue weighted by Gasteiger charge is -2.42. The molecule has 0 bridgehead atoms. The Morgan fingerprint density at radius 1 is 1.10 bits per heavy atom. The van der Waals surface area contributed by atoms with Gasteiger partial charge in [0.15, 0.2) is 0 Å². The van der Waals surface area contributed by atoms with Crippen molar-refractivity contribution in [2.45, 2.75) is 72.4 Å². The largest absolute Gasteiger partial charge is 0.391 e. The van der Waals surface area contributed by atoms with E-state index in [0.29, 0.717) is 30.8 Å². The number of hydrogen-bond acceptors (Lipinski definition) is 5. The monoisotopic (exact) mass is 582 g/mol. The molecule has 1 unspecified atom stereocenters. The zero-order valence-corrected chi connectivity index (χ0v) is 25.1. The number of rotatable bonds is 15. The molecule has 7 nitrogen and oxygen atoms in total. The van der Waals surface area contributed by atoms with Gasteiger partial charge in [0.25, 0.3) is 0 Å². The number of aliphatic hydroxyl groups is 1. The highest BCUT2D eigenvalue weighted by Crippen LogP contribution is 2.44. The highest BCUT2D eigenvalue weighted by Gasteiger charge is 2.48. The van der Waals surface area contributed by atoms with Crippen LogP contribution >= 0.6 is 0 Å². The fraction of sp³-hybridized carbons (Fsp3) is 0.485. The molecule has 3 atom stereocenters. The van der Waals surface area contributed by atoms with Crippen molar-refractivity contribution in [2.75, 3.05) is 19.6 Å². The zero-order chi connectivity index (χ0) is 30.9. The minimum absolute atomic E-state index is 0.0257. The predicted octanol–water partition coefficient (Wildman–Crippen LogP) is 4.63. The van der Waals surface area contributed by atoms with Crippen LogP contribution in [-0.2, 0) is 29.0 Å². The SMILES string of the molecule is CCCN(CCC)C(=O)C1=CC(C)=CC(C(N)=O)([C@H](Cc2cc(F)cc(F)c2)[C@@H](O)CNCc2cc(CC)ccn2)C1. The van der Waals surface area contributed by atoms with Crippen molar-refractivity contribution in [3.8, 4) is 0 Å². The third-order valence-electron chi connectivity index (χ3n) is 7.83. The number of carbonyl (C=O) groups is 2. The molecule has 1 aliphatic rings. The van der Waals surface area contributed by atoms with Crippen molar-refractivity contribution in [3.05, 3.63) is 88.3 Å². The summed E-state index contributed by atoms with van der Waals surface area (Å²) >= 11 is 0. The first-order chi connectivity index (χ1) is 20.0. The van der Waals surface area contributed by atoms with Crippen LogP contribution in [0.25, 0.3) is 0 Å². The van der Waals surface area contributed by atoms with E-state index in [1.54, 1.807) is 30.2 Å². The summed E-state index contributed by atoms with van der Waals surface area (Å²) < 4.78 is 28.4. The van der Waals surface area contributed by atoms with Crippen molar-refractivity contribution < 1.29 is 23.5 Å². The summed E-state index contributed by atoms with van der Waals surface area (Å²) in [6, 6.07) is 7.08. The number of aliphatic hydroxyl groups excluding tert-OH is 1. The Hall–Kier alpha value is -3.43. The van der Waals surface area contributed by atoms with Gasteiger partial charge in [-0.3, -0.25) is 14.6 Å². The van der Waals surface area contributed by atoms with Gasteiger partial charge in [-0.1, -0.05) is 38.5 Å². The van der Waals surface area contributed by atoms with Crippen LogP contribution in [0.5, 0.6) is 0 Å². The van der Waals surface area contributed by atoms with E-state index in [2.05, 4.69) is 17.2 Å². The Balaban J connectivity index is 1.98. The molecule has 0 saturated carbocycles. The van der Waals surface area contributed by atoms with Crippen LogP contribution < -0.4 is 11.1 Å². The quantitative estimate of drug-likeness (QED) is 0.284. The first-order valence-electron chi connectivity index (χ1n) is 14.8. The van der Waals surface area contributed by atoms with Gasteiger partial charge in [0.2, 0.25) is 11.8 Å². The number of pyridine rings is 1. The summed E-state index contributed by atoms with van der Waals surface area (Å²) in [5.74, 6) is -3.30. The number of allylic oxidation sites excluding steroid dienone is 2. The van der Waals surface area contributed by atoms with Crippen LogP contribution in [0.4, 0.5) is 8.78 Å². The number of halogens is 2. The van der Waals surface area contributed by atoms with E-state index >= 15 is 0 Å². The summed E-state index contributed by atoms with van der Waals surface area (Å²) in [6.07, 6.45) is 6.40. The number of nitrogens with two attached hydrogens (primary N) is 1.